The SMILES string of the molecule is CCOC(=O)c1nc(C)n(Cc2ccncc2C)c1N. The van der Waals surface area contributed by atoms with Crippen molar-refractivity contribution in [2.24, 2.45) is 0 Å². The van der Waals surface area contributed by atoms with Crippen molar-refractivity contribution in [3.8, 4) is 0 Å². The molecule has 20 heavy (non-hydrogen) atoms. The van der Waals surface area contributed by atoms with E-state index in [-0.39, 0.29) is 5.69 Å². The minimum atomic E-state index is -0.488. The lowest BCUT2D eigenvalue weighted by atomic mass is 10.1. The second kappa shape index (κ2) is 5.73. The number of ether oxygens (including phenoxy) is 1. The van der Waals surface area contributed by atoms with Gasteiger partial charge in [-0.1, -0.05) is 0 Å². The van der Waals surface area contributed by atoms with Gasteiger partial charge in [-0.05, 0) is 38.0 Å². The van der Waals surface area contributed by atoms with Crippen molar-refractivity contribution in [2.45, 2.75) is 27.3 Å². The Morgan fingerprint density at radius 2 is 2.20 bits per heavy atom. The van der Waals surface area contributed by atoms with E-state index in [4.69, 9.17) is 10.5 Å². The Morgan fingerprint density at radius 1 is 1.45 bits per heavy atom. The lowest BCUT2D eigenvalue weighted by Gasteiger charge is -2.09. The second-order valence-electron chi connectivity index (χ2n) is 4.50. The van der Waals surface area contributed by atoms with E-state index in [0.29, 0.717) is 24.8 Å². The van der Waals surface area contributed by atoms with Crippen molar-refractivity contribution in [3.63, 3.8) is 0 Å². The first-order valence-corrected chi connectivity index (χ1v) is 6.43. The number of nitrogen functional groups attached to an aromatic ring is 1. The molecule has 6 nitrogen and oxygen atoms in total. The number of imidazole rings is 1. The summed E-state index contributed by atoms with van der Waals surface area (Å²) in [5, 5.41) is 0. The van der Waals surface area contributed by atoms with Crippen molar-refractivity contribution < 1.29 is 9.53 Å². The lowest BCUT2D eigenvalue weighted by molar-refractivity contribution is 0.0521. The molecule has 0 saturated heterocycles. The highest BCUT2D eigenvalue weighted by atomic mass is 16.5. The van der Waals surface area contributed by atoms with Crippen molar-refractivity contribution in [3.05, 3.63) is 41.1 Å². The predicted molar refractivity (Wildman–Crippen MR) is 75.4 cm³/mol. The van der Waals surface area contributed by atoms with Crippen LogP contribution in [0.5, 0.6) is 0 Å². The van der Waals surface area contributed by atoms with Gasteiger partial charge in [0.05, 0.1) is 13.2 Å². The molecule has 0 bridgehead atoms. The summed E-state index contributed by atoms with van der Waals surface area (Å²) in [5.74, 6) is 0.525. The third kappa shape index (κ3) is 2.64. The third-order valence-electron chi connectivity index (χ3n) is 3.13. The van der Waals surface area contributed by atoms with Crippen LogP contribution < -0.4 is 5.73 Å². The molecule has 2 rings (SSSR count). The van der Waals surface area contributed by atoms with Crippen molar-refractivity contribution in [1.82, 2.24) is 14.5 Å². The van der Waals surface area contributed by atoms with Gasteiger partial charge < -0.3 is 15.0 Å². The fourth-order valence-corrected chi connectivity index (χ4v) is 1.98. The van der Waals surface area contributed by atoms with E-state index in [1.807, 2.05) is 19.9 Å². The van der Waals surface area contributed by atoms with Crippen LogP contribution in [0.25, 0.3) is 0 Å². The standard InChI is InChI=1S/C14H18N4O2/c1-4-20-14(19)12-13(15)18(10(3)17-12)8-11-5-6-16-7-9(11)2/h5-7H,4,8,15H2,1-3H3. The van der Waals surface area contributed by atoms with E-state index in [0.717, 1.165) is 11.1 Å². The van der Waals surface area contributed by atoms with E-state index >= 15 is 0 Å². The van der Waals surface area contributed by atoms with Crippen molar-refractivity contribution in [1.29, 1.82) is 0 Å². The molecule has 0 aliphatic heterocycles. The summed E-state index contributed by atoms with van der Waals surface area (Å²) in [6.45, 7) is 6.40. The summed E-state index contributed by atoms with van der Waals surface area (Å²) in [6.07, 6.45) is 3.53. The molecular formula is C14H18N4O2. The maximum atomic E-state index is 11.8. The molecule has 106 valence electrons. The Kier molecular flexibility index (Phi) is 4.02. The normalized spacial score (nSPS) is 10.6. The number of aromatic nitrogens is 3. The molecule has 0 aromatic carbocycles. The van der Waals surface area contributed by atoms with Gasteiger partial charge in [0.25, 0.3) is 0 Å². The Balaban J connectivity index is 2.34. The number of carbonyl (C=O) groups is 1. The quantitative estimate of drug-likeness (QED) is 0.858. The first-order valence-electron chi connectivity index (χ1n) is 6.43. The third-order valence-corrected chi connectivity index (χ3v) is 3.13. The molecule has 0 amide bonds. The van der Waals surface area contributed by atoms with Gasteiger partial charge in [-0.15, -0.1) is 0 Å². The van der Waals surface area contributed by atoms with Crippen LogP contribution in [0.2, 0.25) is 0 Å². The number of nitrogens with zero attached hydrogens (tertiary/aromatic N) is 3. The molecule has 0 atom stereocenters. The van der Waals surface area contributed by atoms with Gasteiger partial charge in [-0.2, -0.15) is 0 Å². The molecule has 6 heteroatoms. The summed E-state index contributed by atoms with van der Waals surface area (Å²) >= 11 is 0. The zero-order valence-electron chi connectivity index (χ0n) is 11.9. The van der Waals surface area contributed by atoms with Crippen molar-refractivity contribution in [2.75, 3.05) is 12.3 Å². The topological polar surface area (TPSA) is 83.0 Å². The molecule has 2 heterocycles. The summed E-state index contributed by atoms with van der Waals surface area (Å²) in [7, 11) is 0. The summed E-state index contributed by atoms with van der Waals surface area (Å²) < 4.78 is 6.75. The largest absolute Gasteiger partial charge is 0.461 e. The first-order chi connectivity index (χ1) is 9.54. The zero-order chi connectivity index (χ0) is 14.7. The predicted octanol–water partition coefficient (Wildman–Crippen LogP) is 1.70. The van der Waals surface area contributed by atoms with E-state index in [1.165, 1.54) is 0 Å². The fraction of sp³-hybridized carbons (Fsp3) is 0.357. The molecule has 0 fully saturated rings. The number of anilines is 1. The number of esters is 1. The van der Waals surface area contributed by atoms with Crippen LogP contribution in [0.3, 0.4) is 0 Å². The minimum Gasteiger partial charge on any atom is -0.461 e. The van der Waals surface area contributed by atoms with Gasteiger partial charge in [0.15, 0.2) is 5.69 Å². The number of nitrogens with two attached hydrogens (primary N) is 1. The van der Waals surface area contributed by atoms with E-state index in [9.17, 15) is 4.79 Å². The van der Waals surface area contributed by atoms with Gasteiger partial charge in [-0.25, -0.2) is 9.78 Å². The molecule has 2 aromatic heterocycles. The van der Waals surface area contributed by atoms with Gasteiger partial charge >= 0.3 is 5.97 Å². The molecule has 0 unspecified atom stereocenters. The van der Waals surface area contributed by atoms with Gasteiger partial charge in [-0.3, -0.25) is 4.98 Å². The highest BCUT2D eigenvalue weighted by Gasteiger charge is 2.19. The van der Waals surface area contributed by atoms with Crippen LogP contribution in [-0.2, 0) is 11.3 Å². The summed E-state index contributed by atoms with van der Waals surface area (Å²) in [5.41, 5.74) is 8.35. The number of carbonyl (C=O) groups excluding carboxylic acids is 1. The van der Waals surface area contributed by atoms with E-state index in [2.05, 4.69) is 9.97 Å². The number of hydrogen-bond acceptors (Lipinski definition) is 5. The number of hydrogen-bond donors (Lipinski definition) is 1. The molecule has 2 aromatic rings. The smallest absolute Gasteiger partial charge is 0.360 e. The molecular weight excluding hydrogens is 256 g/mol. The number of aryl methyl sites for hydroxylation is 2. The van der Waals surface area contributed by atoms with Crippen LogP contribution in [0.1, 0.15) is 34.4 Å². The van der Waals surface area contributed by atoms with E-state index < -0.39 is 5.97 Å². The molecule has 0 aliphatic rings. The minimum absolute atomic E-state index is 0.177. The van der Waals surface area contributed by atoms with Crippen LogP contribution >= 0.6 is 0 Å². The van der Waals surface area contributed by atoms with Gasteiger partial charge in [0.2, 0.25) is 0 Å². The Bertz CT molecular complexity index is 634. The zero-order valence-corrected chi connectivity index (χ0v) is 11.9. The van der Waals surface area contributed by atoms with E-state index in [1.54, 1.807) is 23.9 Å². The first kappa shape index (κ1) is 14.0. The molecule has 2 N–H and O–H groups in total. The fourth-order valence-electron chi connectivity index (χ4n) is 1.98. The molecule has 0 radical (unpaired) electrons. The second-order valence-corrected chi connectivity index (χ2v) is 4.50. The van der Waals surface area contributed by atoms with Crippen LogP contribution in [0.15, 0.2) is 18.5 Å². The Morgan fingerprint density at radius 3 is 2.85 bits per heavy atom. The summed E-state index contributed by atoms with van der Waals surface area (Å²) in [4.78, 5) is 20.0. The monoisotopic (exact) mass is 274 g/mol. The maximum Gasteiger partial charge on any atom is 0.360 e. The van der Waals surface area contributed by atoms with Crippen LogP contribution in [-0.4, -0.2) is 27.1 Å². The molecule has 0 aliphatic carbocycles. The average Bonchev–Trinajstić information content (AvgIpc) is 2.69. The summed E-state index contributed by atoms with van der Waals surface area (Å²) in [6, 6.07) is 1.93. The number of pyridine rings is 1. The van der Waals surface area contributed by atoms with Gasteiger partial charge in [0.1, 0.15) is 11.6 Å². The Labute approximate surface area is 117 Å². The van der Waals surface area contributed by atoms with Crippen LogP contribution in [0, 0.1) is 13.8 Å². The molecule has 0 saturated carbocycles. The lowest BCUT2D eigenvalue weighted by Crippen LogP contribution is -2.11. The van der Waals surface area contributed by atoms with Crippen molar-refractivity contribution >= 4 is 11.8 Å². The molecule has 0 spiro atoms. The Hall–Kier alpha value is -2.37. The highest BCUT2D eigenvalue weighted by molar-refractivity contribution is 5.92. The average molecular weight is 274 g/mol. The van der Waals surface area contributed by atoms with Gasteiger partial charge in [0, 0.05) is 12.4 Å². The maximum absolute atomic E-state index is 11.8. The van der Waals surface area contributed by atoms with Crippen LogP contribution in [0.4, 0.5) is 5.82 Å². The highest BCUT2D eigenvalue weighted by Crippen LogP contribution is 2.18. The number of rotatable bonds is 4.